The summed E-state index contributed by atoms with van der Waals surface area (Å²) in [6.45, 7) is 1.61. The summed E-state index contributed by atoms with van der Waals surface area (Å²) in [4.78, 5) is 37.9. The van der Waals surface area contributed by atoms with Crippen LogP contribution in [0, 0.1) is 5.53 Å². The van der Waals surface area contributed by atoms with Crippen LogP contribution in [-0.4, -0.2) is 62.0 Å². The number of rotatable bonds is 13. The molecular formula is C28H33N5O6. The van der Waals surface area contributed by atoms with E-state index >= 15 is 0 Å². The molecule has 1 unspecified atom stereocenters. The van der Waals surface area contributed by atoms with Gasteiger partial charge in [-0.15, -0.1) is 0 Å². The number of amides is 2. The third-order valence-electron chi connectivity index (χ3n) is 6.69. The van der Waals surface area contributed by atoms with E-state index in [4.69, 9.17) is 19.7 Å². The molecule has 2 aliphatic heterocycles. The molecule has 206 valence electrons. The topological polar surface area (TPSA) is 142 Å². The third-order valence-corrected chi connectivity index (χ3v) is 6.69. The largest absolute Gasteiger partial charge is 0.490 e. The molecule has 0 aromatic heterocycles. The van der Waals surface area contributed by atoms with E-state index < -0.39 is 6.04 Å². The molecule has 11 heteroatoms. The summed E-state index contributed by atoms with van der Waals surface area (Å²) < 4.78 is 17.3. The Morgan fingerprint density at radius 2 is 2.00 bits per heavy atom. The average molecular weight is 536 g/mol. The van der Waals surface area contributed by atoms with Crippen LogP contribution in [-0.2, 0) is 20.9 Å². The van der Waals surface area contributed by atoms with Crippen molar-refractivity contribution in [1.82, 2.24) is 10.2 Å². The summed E-state index contributed by atoms with van der Waals surface area (Å²) in [6, 6.07) is 11.9. The number of hydrogen-bond acceptors (Lipinski definition) is 9. The number of aldehydes is 1. The molecule has 1 saturated heterocycles. The molecule has 0 bridgehead atoms. The van der Waals surface area contributed by atoms with Crippen molar-refractivity contribution in [3.63, 3.8) is 0 Å². The number of likely N-dealkylation sites (N-methyl/N-ethyl adjacent to an activating group) is 1. The zero-order valence-corrected chi connectivity index (χ0v) is 21.9. The number of benzene rings is 2. The van der Waals surface area contributed by atoms with Crippen molar-refractivity contribution in [2.24, 2.45) is 5.11 Å². The Morgan fingerprint density at radius 3 is 2.69 bits per heavy atom. The summed E-state index contributed by atoms with van der Waals surface area (Å²) in [5, 5.41) is 9.24. The highest BCUT2D eigenvalue weighted by Crippen LogP contribution is 2.33. The molecule has 11 nitrogen and oxygen atoms in total. The van der Waals surface area contributed by atoms with Crippen LogP contribution in [0.25, 0.3) is 0 Å². The lowest BCUT2D eigenvalue weighted by Gasteiger charge is -2.25. The van der Waals surface area contributed by atoms with Gasteiger partial charge in [0.25, 0.3) is 5.91 Å². The van der Waals surface area contributed by atoms with Gasteiger partial charge in [-0.2, -0.15) is 5.11 Å². The molecule has 2 heterocycles. The minimum atomic E-state index is -0.760. The number of hydrogen-bond donors (Lipinski definition) is 3. The van der Waals surface area contributed by atoms with E-state index in [0.29, 0.717) is 22.6 Å². The fourth-order valence-corrected chi connectivity index (χ4v) is 4.57. The van der Waals surface area contributed by atoms with E-state index in [-0.39, 0.29) is 43.9 Å². The molecular weight excluding hydrogens is 502 g/mol. The van der Waals surface area contributed by atoms with Gasteiger partial charge in [-0.05, 0) is 42.8 Å². The van der Waals surface area contributed by atoms with Crippen LogP contribution in [0.4, 0.5) is 5.69 Å². The molecule has 4 rings (SSSR count). The van der Waals surface area contributed by atoms with Gasteiger partial charge < -0.3 is 34.5 Å². The lowest BCUT2D eigenvalue weighted by molar-refractivity contribution is -0.125. The third kappa shape index (κ3) is 6.99. The quantitative estimate of drug-likeness (QED) is 0.262. The van der Waals surface area contributed by atoms with Crippen molar-refractivity contribution in [2.45, 2.75) is 44.4 Å². The number of nitrogens with zero attached hydrogens (tertiary/aromatic N) is 2. The monoisotopic (exact) mass is 535 g/mol. The van der Waals surface area contributed by atoms with Crippen LogP contribution < -0.4 is 20.1 Å². The van der Waals surface area contributed by atoms with E-state index in [0.717, 1.165) is 43.8 Å². The van der Waals surface area contributed by atoms with Gasteiger partial charge in [-0.1, -0.05) is 6.07 Å². The van der Waals surface area contributed by atoms with Crippen molar-refractivity contribution in [2.75, 3.05) is 32.2 Å². The number of nitrogens with one attached hydrogen (secondary N) is 3. The predicted molar refractivity (Wildman–Crippen MR) is 143 cm³/mol. The lowest BCUT2D eigenvalue weighted by Crippen LogP contribution is -2.46. The smallest absolute Gasteiger partial charge is 0.255 e. The minimum Gasteiger partial charge on any atom is -0.490 e. The number of fused-ring (bicyclic) bond motifs is 1. The molecule has 1 atom stereocenters. The van der Waals surface area contributed by atoms with Gasteiger partial charge in [0.2, 0.25) is 5.91 Å². The minimum absolute atomic E-state index is 0.00386. The fourth-order valence-electron chi connectivity index (χ4n) is 4.57. The van der Waals surface area contributed by atoms with Crippen LogP contribution in [0.15, 0.2) is 59.5 Å². The Balaban J connectivity index is 1.37. The van der Waals surface area contributed by atoms with Crippen molar-refractivity contribution in [1.29, 1.82) is 5.53 Å². The number of carbonyl (C=O) groups excluding carboxylic acids is 3. The molecule has 0 aliphatic carbocycles. The van der Waals surface area contributed by atoms with Crippen molar-refractivity contribution < 1.29 is 28.6 Å². The lowest BCUT2D eigenvalue weighted by atomic mass is 10.1. The molecule has 3 N–H and O–H groups in total. The van der Waals surface area contributed by atoms with Crippen molar-refractivity contribution in [3.8, 4) is 11.5 Å². The maximum atomic E-state index is 13.1. The SMILES string of the molecule is CNC(=O)C(CCC=O)N1Cc2c(OC/C(=C/Nc3ccc(OC4CCOCC4)cc3)N=N)cccc2C1=O. The van der Waals surface area contributed by atoms with Crippen LogP contribution in [0.5, 0.6) is 11.5 Å². The summed E-state index contributed by atoms with van der Waals surface area (Å²) in [5.74, 6) is 0.643. The van der Waals surface area contributed by atoms with Crippen LogP contribution in [0.3, 0.4) is 0 Å². The molecule has 0 radical (unpaired) electrons. The fraction of sp³-hybridized carbons (Fsp3) is 0.393. The van der Waals surface area contributed by atoms with Gasteiger partial charge >= 0.3 is 0 Å². The first-order valence-corrected chi connectivity index (χ1v) is 12.9. The Hall–Kier alpha value is -4.25. The second-order valence-electron chi connectivity index (χ2n) is 9.22. The molecule has 2 amide bonds. The summed E-state index contributed by atoms with van der Waals surface area (Å²) in [6.07, 6.45) is 4.64. The first-order valence-electron chi connectivity index (χ1n) is 12.9. The van der Waals surface area contributed by atoms with Crippen LogP contribution >= 0.6 is 0 Å². The second kappa shape index (κ2) is 13.5. The second-order valence-corrected chi connectivity index (χ2v) is 9.22. The van der Waals surface area contributed by atoms with Gasteiger partial charge in [-0.3, -0.25) is 9.59 Å². The maximum absolute atomic E-state index is 13.1. The Bertz CT molecular complexity index is 1210. The summed E-state index contributed by atoms with van der Waals surface area (Å²) >= 11 is 0. The van der Waals surface area contributed by atoms with Crippen molar-refractivity contribution in [3.05, 3.63) is 65.5 Å². The van der Waals surface area contributed by atoms with E-state index in [1.54, 1.807) is 24.4 Å². The molecule has 0 spiro atoms. The molecule has 39 heavy (non-hydrogen) atoms. The van der Waals surface area contributed by atoms with E-state index in [9.17, 15) is 14.4 Å². The highest BCUT2D eigenvalue weighted by molar-refractivity contribution is 6.01. The first-order chi connectivity index (χ1) is 19.0. The Morgan fingerprint density at radius 1 is 1.23 bits per heavy atom. The van der Waals surface area contributed by atoms with E-state index in [2.05, 4.69) is 15.7 Å². The first kappa shape index (κ1) is 27.8. The molecule has 1 fully saturated rings. The average Bonchev–Trinajstić information content (AvgIpc) is 3.31. The van der Waals surface area contributed by atoms with Gasteiger partial charge in [-0.25, -0.2) is 5.53 Å². The van der Waals surface area contributed by atoms with E-state index in [1.165, 1.54) is 11.9 Å². The zero-order valence-electron chi connectivity index (χ0n) is 21.9. The van der Waals surface area contributed by atoms with Gasteiger partial charge in [0.05, 0.1) is 19.8 Å². The standard InChI is InChI=1S/C28H33N5O6/c1-30-27(35)25(5-3-13-34)33-17-24-23(28(33)36)4-2-6-26(24)38-18-20(32-29)16-31-19-7-9-21(10-8-19)39-22-11-14-37-15-12-22/h2,4,6-10,13,16,22,25,29,31H,3,5,11-12,14-15,17-18H2,1H3,(H,30,35)/b20-16-,32-29?. The number of carbonyl (C=O) groups is 3. The number of anilines is 1. The molecule has 2 aromatic rings. The molecule has 2 aliphatic rings. The molecule has 0 saturated carbocycles. The van der Waals surface area contributed by atoms with Gasteiger partial charge in [0.1, 0.15) is 42.2 Å². The van der Waals surface area contributed by atoms with Gasteiger partial charge in [0.15, 0.2) is 0 Å². The highest BCUT2D eigenvalue weighted by atomic mass is 16.5. The maximum Gasteiger partial charge on any atom is 0.255 e. The van der Waals surface area contributed by atoms with Crippen LogP contribution in [0.1, 0.15) is 41.6 Å². The van der Waals surface area contributed by atoms with E-state index in [1.807, 2.05) is 24.3 Å². The Labute approximate surface area is 227 Å². The van der Waals surface area contributed by atoms with Crippen molar-refractivity contribution >= 4 is 23.8 Å². The number of ether oxygens (including phenoxy) is 3. The highest BCUT2D eigenvalue weighted by Gasteiger charge is 2.37. The summed E-state index contributed by atoms with van der Waals surface area (Å²) in [7, 11) is 1.50. The van der Waals surface area contributed by atoms with Gasteiger partial charge in [0, 0.05) is 49.3 Å². The molecule has 2 aromatic carbocycles. The Kier molecular flexibility index (Phi) is 9.63. The zero-order chi connectivity index (χ0) is 27.6. The summed E-state index contributed by atoms with van der Waals surface area (Å²) in [5.41, 5.74) is 9.78. The normalized spacial score (nSPS) is 16.3. The predicted octanol–water partition coefficient (Wildman–Crippen LogP) is 3.66. The van der Waals surface area contributed by atoms with Crippen LogP contribution in [0.2, 0.25) is 0 Å².